The Morgan fingerprint density at radius 1 is 1.44 bits per heavy atom. The van der Waals surface area contributed by atoms with Gasteiger partial charge in [0.15, 0.2) is 0 Å². The lowest BCUT2D eigenvalue weighted by atomic mass is 10.3. The van der Waals surface area contributed by atoms with Crippen LogP contribution in [0.4, 0.5) is 5.69 Å². The van der Waals surface area contributed by atoms with Crippen molar-refractivity contribution in [2.24, 2.45) is 0 Å². The van der Waals surface area contributed by atoms with Crippen molar-refractivity contribution in [3.05, 3.63) is 34.4 Å². The molecule has 0 aromatic heterocycles. The molecule has 0 spiro atoms. The number of hydrogen-bond donors (Lipinski definition) is 1. The number of nitrogens with one attached hydrogen (secondary N) is 1. The molecule has 1 heterocycles. The van der Waals surface area contributed by atoms with E-state index in [4.69, 9.17) is 4.74 Å². The molecule has 1 aromatic carbocycles. The minimum Gasteiger partial charge on any atom is -0.492 e. The molecule has 98 valence electrons. The maximum atomic E-state index is 10.5. The highest BCUT2D eigenvalue weighted by atomic mass is 32.2. The topological polar surface area (TPSA) is 64.4 Å². The molecule has 18 heavy (non-hydrogen) atoms. The Labute approximate surface area is 110 Å². The summed E-state index contributed by atoms with van der Waals surface area (Å²) in [6, 6.07) is 6.77. The van der Waals surface area contributed by atoms with E-state index >= 15 is 0 Å². The molecule has 0 radical (unpaired) electrons. The lowest BCUT2D eigenvalue weighted by molar-refractivity contribution is -0.384. The molecule has 1 saturated heterocycles. The van der Waals surface area contributed by atoms with Crippen LogP contribution in [0.5, 0.6) is 5.75 Å². The maximum absolute atomic E-state index is 10.5. The van der Waals surface area contributed by atoms with Crippen molar-refractivity contribution in [1.29, 1.82) is 0 Å². The molecule has 1 fully saturated rings. The fourth-order valence-corrected chi connectivity index (χ4v) is 2.98. The van der Waals surface area contributed by atoms with E-state index in [2.05, 4.69) is 5.32 Å². The third-order valence-electron chi connectivity index (χ3n) is 2.78. The Hall–Kier alpha value is -1.27. The zero-order valence-corrected chi connectivity index (χ0v) is 10.8. The summed E-state index contributed by atoms with van der Waals surface area (Å²) >= 11 is 1.97. The SMILES string of the molecule is O=[N+]([O-])c1ccc(OCCNC2CCSC2)cc1. The van der Waals surface area contributed by atoms with Crippen LogP contribution in [-0.4, -0.2) is 35.6 Å². The molecule has 1 N–H and O–H groups in total. The first-order valence-corrected chi connectivity index (χ1v) is 7.09. The van der Waals surface area contributed by atoms with Crippen molar-refractivity contribution in [2.45, 2.75) is 12.5 Å². The van der Waals surface area contributed by atoms with Gasteiger partial charge in [-0.05, 0) is 24.3 Å². The molecule has 1 aliphatic rings. The zero-order chi connectivity index (χ0) is 12.8. The third-order valence-corrected chi connectivity index (χ3v) is 3.94. The first-order valence-electron chi connectivity index (χ1n) is 5.94. The number of rotatable bonds is 6. The standard InChI is InChI=1S/C12H16N2O3S/c15-14(16)11-1-3-12(4-2-11)17-7-6-13-10-5-8-18-9-10/h1-4,10,13H,5-9H2. The van der Waals surface area contributed by atoms with Gasteiger partial charge in [0, 0.05) is 30.5 Å². The smallest absolute Gasteiger partial charge is 0.269 e. The van der Waals surface area contributed by atoms with Gasteiger partial charge in [-0.25, -0.2) is 0 Å². The van der Waals surface area contributed by atoms with E-state index in [1.54, 1.807) is 12.1 Å². The van der Waals surface area contributed by atoms with Crippen molar-refractivity contribution < 1.29 is 9.66 Å². The van der Waals surface area contributed by atoms with Crippen LogP contribution >= 0.6 is 11.8 Å². The van der Waals surface area contributed by atoms with Crippen molar-refractivity contribution >= 4 is 17.4 Å². The molecule has 1 atom stereocenters. The van der Waals surface area contributed by atoms with Gasteiger partial charge in [-0.2, -0.15) is 11.8 Å². The highest BCUT2D eigenvalue weighted by Crippen LogP contribution is 2.18. The molecule has 1 aliphatic heterocycles. The fraction of sp³-hybridized carbons (Fsp3) is 0.500. The van der Waals surface area contributed by atoms with Gasteiger partial charge >= 0.3 is 0 Å². The average molecular weight is 268 g/mol. The molecule has 5 nitrogen and oxygen atoms in total. The average Bonchev–Trinajstić information content (AvgIpc) is 2.88. The second kappa shape index (κ2) is 6.61. The quantitative estimate of drug-likeness (QED) is 0.486. The van der Waals surface area contributed by atoms with E-state index in [0.29, 0.717) is 18.4 Å². The second-order valence-electron chi connectivity index (χ2n) is 4.11. The molecule has 0 amide bonds. The number of benzene rings is 1. The van der Waals surface area contributed by atoms with Gasteiger partial charge in [-0.3, -0.25) is 10.1 Å². The molecule has 1 aromatic rings. The number of nitrogens with zero attached hydrogens (tertiary/aromatic N) is 1. The summed E-state index contributed by atoms with van der Waals surface area (Å²) in [6.07, 6.45) is 1.22. The first-order chi connectivity index (χ1) is 8.75. The van der Waals surface area contributed by atoms with Crippen LogP contribution in [0.3, 0.4) is 0 Å². The Kier molecular flexibility index (Phi) is 4.83. The summed E-state index contributed by atoms with van der Waals surface area (Å²) in [6.45, 7) is 1.39. The molecule has 0 bridgehead atoms. The van der Waals surface area contributed by atoms with Crippen LogP contribution in [-0.2, 0) is 0 Å². The van der Waals surface area contributed by atoms with Gasteiger partial charge in [0.25, 0.3) is 5.69 Å². The lowest BCUT2D eigenvalue weighted by Crippen LogP contribution is -2.32. The number of ether oxygens (including phenoxy) is 1. The van der Waals surface area contributed by atoms with Gasteiger partial charge in [-0.15, -0.1) is 0 Å². The van der Waals surface area contributed by atoms with Crippen LogP contribution in [0.2, 0.25) is 0 Å². The Morgan fingerprint density at radius 2 is 2.22 bits per heavy atom. The van der Waals surface area contributed by atoms with E-state index in [1.807, 2.05) is 11.8 Å². The minimum atomic E-state index is -0.414. The van der Waals surface area contributed by atoms with Gasteiger partial charge in [-0.1, -0.05) is 0 Å². The fourth-order valence-electron chi connectivity index (χ4n) is 1.79. The third kappa shape index (κ3) is 3.89. The minimum absolute atomic E-state index is 0.0865. The van der Waals surface area contributed by atoms with E-state index in [-0.39, 0.29) is 5.69 Å². The van der Waals surface area contributed by atoms with Crippen molar-refractivity contribution in [3.8, 4) is 5.75 Å². The maximum Gasteiger partial charge on any atom is 0.269 e. The number of nitro benzene ring substituents is 1. The summed E-state index contributed by atoms with van der Waals surface area (Å²) in [5, 5.41) is 13.9. The lowest BCUT2D eigenvalue weighted by Gasteiger charge is -2.11. The number of hydrogen-bond acceptors (Lipinski definition) is 5. The predicted molar refractivity (Wildman–Crippen MR) is 72.3 cm³/mol. The Balaban J connectivity index is 1.68. The van der Waals surface area contributed by atoms with E-state index in [1.165, 1.54) is 30.1 Å². The molecule has 1 unspecified atom stereocenters. The summed E-state index contributed by atoms with van der Waals surface area (Å²) in [7, 11) is 0. The highest BCUT2D eigenvalue weighted by molar-refractivity contribution is 7.99. The Bertz CT molecular complexity index is 391. The van der Waals surface area contributed by atoms with Gasteiger partial charge in [0.1, 0.15) is 12.4 Å². The van der Waals surface area contributed by atoms with Gasteiger partial charge in [0.05, 0.1) is 4.92 Å². The second-order valence-corrected chi connectivity index (χ2v) is 5.26. The number of thioether (sulfide) groups is 1. The zero-order valence-electron chi connectivity index (χ0n) is 10.0. The van der Waals surface area contributed by atoms with Crippen LogP contribution in [0.15, 0.2) is 24.3 Å². The van der Waals surface area contributed by atoms with Crippen LogP contribution in [0, 0.1) is 10.1 Å². The van der Waals surface area contributed by atoms with Crippen LogP contribution < -0.4 is 10.1 Å². The summed E-state index contributed by atoms with van der Waals surface area (Å²) in [4.78, 5) is 10.1. The molecule has 0 saturated carbocycles. The number of non-ortho nitro benzene ring substituents is 1. The largest absolute Gasteiger partial charge is 0.492 e. The molecular weight excluding hydrogens is 252 g/mol. The van der Waals surface area contributed by atoms with E-state index in [9.17, 15) is 10.1 Å². The Morgan fingerprint density at radius 3 is 2.83 bits per heavy atom. The predicted octanol–water partition coefficient (Wildman–Crippen LogP) is 2.07. The molecule has 0 aliphatic carbocycles. The number of nitro groups is 1. The molecule has 6 heteroatoms. The summed E-state index contributed by atoms with van der Waals surface area (Å²) in [5.74, 6) is 3.08. The van der Waals surface area contributed by atoms with E-state index in [0.717, 1.165) is 6.54 Å². The van der Waals surface area contributed by atoms with Crippen molar-refractivity contribution in [3.63, 3.8) is 0 Å². The van der Waals surface area contributed by atoms with Crippen molar-refractivity contribution in [1.82, 2.24) is 5.32 Å². The molecular formula is C12H16N2O3S. The van der Waals surface area contributed by atoms with Crippen molar-refractivity contribution in [2.75, 3.05) is 24.7 Å². The van der Waals surface area contributed by atoms with E-state index < -0.39 is 4.92 Å². The van der Waals surface area contributed by atoms with Gasteiger partial charge < -0.3 is 10.1 Å². The van der Waals surface area contributed by atoms with Crippen LogP contribution in [0.1, 0.15) is 6.42 Å². The monoisotopic (exact) mass is 268 g/mol. The normalized spacial score (nSPS) is 18.8. The highest BCUT2D eigenvalue weighted by Gasteiger charge is 2.13. The molecule has 2 rings (SSSR count). The van der Waals surface area contributed by atoms with Crippen LogP contribution in [0.25, 0.3) is 0 Å². The first kappa shape index (κ1) is 13.2. The van der Waals surface area contributed by atoms with Gasteiger partial charge in [0.2, 0.25) is 0 Å². The summed E-state index contributed by atoms with van der Waals surface area (Å²) < 4.78 is 5.51. The summed E-state index contributed by atoms with van der Waals surface area (Å²) in [5.41, 5.74) is 0.0865.